The van der Waals surface area contributed by atoms with E-state index in [1.54, 1.807) is 11.1 Å². The van der Waals surface area contributed by atoms with Crippen LogP contribution in [-0.4, -0.2) is 0 Å². The molecule has 0 bridgehead atoms. The maximum Gasteiger partial charge on any atom is 0.0275 e. The fourth-order valence-electron chi connectivity index (χ4n) is 1.56. The van der Waals surface area contributed by atoms with Crippen LogP contribution in [0.3, 0.4) is 0 Å². The van der Waals surface area contributed by atoms with Crippen LogP contribution >= 0.6 is 11.8 Å². The Morgan fingerprint density at radius 1 is 1.45 bits per heavy atom. The summed E-state index contributed by atoms with van der Waals surface area (Å²) in [5, 5.41) is 0.714. The Morgan fingerprint density at radius 2 is 2.27 bits per heavy atom. The second-order valence-corrected chi connectivity index (χ2v) is 4.48. The van der Waals surface area contributed by atoms with E-state index in [9.17, 15) is 0 Å². The van der Waals surface area contributed by atoms with Crippen LogP contribution in [-0.2, 0) is 5.75 Å². The number of fused-ring (bicyclic) bond motifs is 1. The summed E-state index contributed by atoms with van der Waals surface area (Å²) in [5.41, 5.74) is 4.47. The quantitative estimate of drug-likeness (QED) is 0.567. The highest BCUT2D eigenvalue weighted by Crippen LogP contribution is 2.41. The molecule has 2 rings (SSSR count). The Bertz CT molecular complexity index is 278. The van der Waals surface area contributed by atoms with E-state index in [0.717, 1.165) is 0 Å². The summed E-state index contributed by atoms with van der Waals surface area (Å²) in [6, 6.07) is 6.79. The van der Waals surface area contributed by atoms with E-state index in [2.05, 4.69) is 32.0 Å². The molecule has 11 heavy (non-hydrogen) atoms. The monoisotopic (exact) mass is 164 g/mol. The molecule has 0 spiro atoms. The first-order valence-electron chi connectivity index (χ1n) is 3.98. The van der Waals surface area contributed by atoms with Crippen LogP contribution in [0.2, 0.25) is 0 Å². The average molecular weight is 164 g/mol. The summed E-state index contributed by atoms with van der Waals surface area (Å²) in [6.45, 7) is 4.44. The minimum Gasteiger partial charge on any atom is -0.149 e. The molecule has 1 atom stereocenters. The van der Waals surface area contributed by atoms with Gasteiger partial charge in [0.05, 0.1) is 0 Å². The topological polar surface area (TPSA) is 0 Å². The Balaban J connectivity index is 2.50. The second kappa shape index (κ2) is 2.56. The van der Waals surface area contributed by atoms with Gasteiger partial charge in [-0.1, -0.05) is 23.8 Å². The van der Waals surface area contributed by atoms with Crippen molar-refractivity contribution in [3.05, 3.63) is 34.9 Å². The standard InChI is InChI=1S/C10H12S/c1-7-3-4-10-8(2)11-6-9(10)5-7/h3-5,8H,6H2,1-2H3/t8-/m0/s1. The summed E-state index contributed by atoms with van der Waals surface area (Å²) >= 11 is 2.03. The number of aryl methyl sites for hydroxylation is 1. The largest absolute Gasteiger partial charge is 0.149 e. The van der Waals surface area contributed by atoms with Crippen molar-refractivity contribution < 1.29 is 0 Å². The number of benzene rings is 1. The first kappa shape index (κ1) is 7.23. The lowest BCUT2D eigenvalue weighted by Crippen LogP contribution is -1.85. The van der Waals surface area contributed by atoms with Crippen molar-refractivity contribution in [2.75, 3.05) is 0 Å². The second-order valence-electron chi connectivity index (χ2n) is 3.16. The molecule has 1 aromatic rings. The van der Waals surface area contributed by atoms with Gasteiger partial charge in [0.25, 0.3) is 0 Å². The molecule has 1 heteroatoms. The molecule has 0 amide bonds. The zero-order valence-corrected chi connectivity index (χ0v) is 7.74. The summed E-state index contributed by atoms with van der Waals surface area (Å²) < 4.78 is 0. The van der Waals surface area contributed by atoms with Gasteiger partial charge in [-0.2, -0.15) is 0 Å². The molecule has 0 fully saturated rings. The molecule has 1 aliphatic rings. The molecule has 0 unspecified atom stereocenters. The lowest BCUT2D eigenvalue weighted by atomic mass is 10.0. The normalized spacial score (nSPS) is 21.8. The van der Waals surface area contributed by atoms with Gasteiger partial charge in [-0.25, -0.2) is 0 Å². The molecular formula is C10H12S. The summed E-state index contributed by atoms with van der Waals surface area (Å²) in [6.07, 6.45) is 0. The maximum absolute atomic E-state index is 2.31. The Labute approximate surface area is 72.0 Å². The van der Waals surface area contributed by atoms with Crippen LogP contribution in [0.5, 0.6) is 0 Å². The van der Waals surface area contributed by atoms with E-state index in [1.807, 2.05) is 11.8 Å². The summed E-state index contributed by atoms with van der Waals surface area (Å²) in [7, 11) is 0. The molecule has 0 saturated heterocycles. The Hall–Kier alpha value is -0.430. The highest BCUT2D eigenvalue weighted by molar-refractivity contribution is 7.99. The van der Waals surface area contributed by atoms with Crippen molar-refractivity contribution >= 4 is 11.8 Å². The zero-order chi connectivity index (χ0) is 7.84. The van der Waals surface area contributed by atoms with Crippen LogP contribution < -0.4 is 0 Å². The fraction of sp³-hybridized carbons (Fsp3) is 0.400. The van der Waals surface area contributed by atoms with Gasteiger partial charge >= 0.3 is 0 Å². The van der Waals surface area contributed by atoms with Gasteiger partial charge < -0.3 is 0 Å². The highest BCUT2D eigenvalue weighted by atomic mass is 32.2. The highest BCUT2D eigenvalue weighted by Gasteiger charge is 2.17. The molecular weight excluding hydrogens is 152 g/mol. The van der Waals surface area contributed by atoms with E-state index >= 15 is 0 Å². The minimum atomic E-state index is 0.714. The molecule has 58 valence electrons. The molecule has 0 radical (unpaired) electrons. The van der Waals surface area contributed by atoms with E-state index in [-0.39, 0.29) is 0 Å². The van der Waals surface area contributed by atoms with Crippen LogP contribution in [0, 0.1) is 6.92 Å². The van der Waals surface area contributed by atoms with Gasteiger partial charge in [0.15, 0.2) is 0 Å². The van der Waals surface area contributed by atoms with Gasteiger partial charge in [-0.05, 0) is 25.0 Å². The number of thioether (sulfide) groups is 1. The predicted molar refractivity (Wildman–Crippen MR) is 50.9 cm³/mol. The minimum absolute atomic E-state index is 0.714. The zero-order valence-electron chi connectivity index (χ0n) is 6.92. The van der Waals surface area contributed by atoms with E-state index in [4.69, 9.17) is 0 Å². The third-order valence-corrected chi connectivity index (χ3v) is 3.46. The fourth-order valence-corrected chi connectivity index (χ4v) is 2.65. The summed E-state index contributed by atoms with van der Waals surface area (Å²) in [4.78, 5) is 0. The lowest BCUT2D eigenvalue weighted by Gasteiger charge is -2.02. The van der Waals surface area contributed by atoms with Crippen molar-refractivity contribution in [2.45, 2.75) is 24.9 Å². The number of hydrogen-bond donors (Lipinski definition) is 0. The van der Waals surface area contributed by atoms with Gasteiger partial charge in [0.1, 0.15) is 0 Å². The summed E-state index contributed by atoms with van der Waals surface area (Å²) in [5.74, 6) is 1.21. The van der Waals surface area contributed by atoms with E-state index < -0.39 is 0 Å². The Morgan fingerprint density at radius 3 is 3.09 bits per heavy atom. The SMILES string of the molecule is Cc1ccc2c(c1)CS[C@H]2C. The van der Waals surface area contributed by atoms with Crippen LogP contribution in [0.25, 0.3) is 0 Å². The Kier molecular flexibility index (Phi) is 1.68. The smallest absolute Gasteiger partial charge is 0.0275 e. The predicted octanol–water partition coefficient (Wildman–Crippen LogP) is 3.30. The van der Waals surface area contributed by atoms with E-state index in [1.165, 1.54) is 11.3 Å². The molecule has 0 saturated carbocycles. The number of hydrogen-bond acceptors (Lipinski definition) is 1. The molecule has 0 aliphatic carbocycles. The molecule has 0 N–H and O–H groups in total. The maximum atomic E-state index is 2.31. The average Bonchev–Trinajstić information content (AvgIpc) is 2.32. The van der Waals surface area contributed by atoms with E-state index in [0.29, 0.717) is 5.25 Å². The van der Waals surface area contributed by atoms with Gasteiger partial charge in [-0.15, -0.1) is 11.8 Å². The molecule has 0 aromatic heterocycles. The lowest BCUT2D eigenvalue weighted by molar-refractivity contribution is 1.11. The van der Waals surface area contributed by atoms with Gasteiger partial charge in [0.2, 0.25) is 0 Å². The third-order valence-electron chi connectivity index (χ3n) is 2.23. The van der Waals surface area contributed by atoms with Crippen LogP contribution in [0.4, 0.5) is 0 Å². The van der Waals surface area contributed by atoms with Crippen molar-refractivity contribution in [3.8, 4) is 0 Å². The molecule has 1 aliphatic heterocycles. The van der Waals surface area contributed by atoms with Crippen molar-refractivity contribution in [1.29, 1.82) is 0 Å². The first-order chi connectivity index (χ1) is 5.27. The molecule has 1 heterocycles. The number of rotatable bonds is 0. The third kappa shape index (κ3) is 1.18. The van der Waals surface area contributed by atoms with Crippen molar-refractivity contribution in [1.82, 2.24) is 0 Å². The van der Waals surface area contributed by atoms with Gasteiger partial charge in [0, 0.05) is 11.0 Å². The van der Waals surface area contributed by atoms with Crippen molar-refractivity contribution in [3.63, 3.8) is 0 Å². The van der Waals surface area contributed by atoms with Gasteiger partial charge in [-0.3, -0.25) is 0 Å². The molecule has 0 nitrogen and oxygen atoms in total. The van der Waals surface area contributed by atoms with Crippen LogP contribution in [0.15, 0.2) is 18.2 Å². The molecule has 1 aromatic carbocycles. The first-order valence-corrected chi connectivity index (χ1v) is 5.03. The van der Waals surface area contributed by atoms with Crippen LogP contribution in [0.1, 0.15) is 28.9 Å². The van der Waals surface area contributed by atoms with Crippen molar-refractivity contribution in [2.24, 2.45) is 0 Å².